The fourth-order valence-electron chi connectivity index (χ4n) is 3.20. The number of piperazine rings is 1. The summed E-state index contributed by atoms with van der Waals surface area (Å²) in [6.07, 6.45) is 2.38. The molecule has 1 aromatic rings. The molecule has 3 rings (SSSR count). The molecule has 0 aliphatic carbocycles. The number of rotatable bonds is 7. The van der Waals surface area contributed by atoms with Crippen LogP contribution in [0.3, 0.4) is 0 Å². The highest BCUT2D eigenvalue weighted by Crippen LogP contribution is 2.19. The van der Waals surface area contributed by atoms with Crippen LogP contribution in [0.15, 0.2) is 24.3 Å². The molecule has 2 saturated heterocycles. The second-order valence-corrected chi connectivity index (χ2v) is 6.72. The summed E-state index contributed by atoms with van der Waals surface area (Å²) >= 11 is 0. The van der Waals surface area contributed by atoms with Gasteiger partial charge in [0.15, 0.2) is 0 Å². The molecule has 0 aromatic heterocycles. The molecule has 0 saturated carbocycles. The van der Waals surface area contributed by atoms with Gasteiger partial charge in [0.05, 0.1) is 12.7 Å². The molecule has 0 bridgehead atoms. The maximum absolute atomic E-state index is 12.4. The molecule has 144 valence electrons. The Bertz CT molecular complexity index is 552. The summed E-state index contributed by atoms with van der Waals surface area (Å²) in [5.41, 5.74) is 0.779. The molecular formula is C19H29N3O4. The van der Waals surface area contributed by atoms with Gasteiger partial charge in [0, 0.05) is 52.1 Å². The van der Waals surface area contributed by atoms with Crippen LogP contribution in [0.4, 0.5) is 10.5 Å². The van der Waals surface area contributed by atoms with Gasteiger partial charge in [0.1, 0.15) is 12.4 Å². The van der Waals surface area contributed by atoms with Crippen LogP contribution in [-0.4, -0.2) is 81.6 Å². The minimum Gasteiger partial charge on any atom is -0.491 e. The first kappa shape index (κ1) is 18.9. The maximum Gasteiger partial charge on any atom is 0.321 e. The Balaban J connectivity index is 1.40. The van der Waals surface area contributed by atoms with Crippen molar-refractivity contribution in [2.24, 2.45) is 0 Å². The molecule has 2 aliphatic heterocycles. The average molecular weight is 363 g/mol. The van der Waals surface area contributed by atoms with E-state index in [9.17, 15) is 4.79 Å². The van der Waals surface area contributed by atoms with Gasteiger partial charge < -0.3 is 24.4 Å². The van der Waals surface area contributed by atoms with Crippen molar-refractivity contribution in [3.8, 4) is 5.75 Å². The van der Waals surface area contributed by atoms with Gasteiger partial charge in [-0.2, -0.15) is 0 Å². The third-order valence-electron chi connectivity index (χ3n) is 4.84. The number of nitrogens with one attached hydrogen (secondary N) is 1. The zero-order chi connectivity index (χ0) is 18.2. The lowest BCUT2D eigenvalue weighted by atomic mass is 10.2. The monoisotopic (exact) mass is 363 g/mol. The Kier molecular flexibility index (Phi) is 7.11. The van der Waals surface area contributed by atoms with Crippen LogP contribution in [0.1, 0.15) is 12.8 Å². The van der Waals surface area contributed by atoms with Crippen LogP contribution >= 0.6 is 0 Å². The van der Waals surface area contributed by atoms with Crippen molar-refractivity contribution in [2.75, 3.05) is 65.0 Å². The zero-order valence-electron chi connectivity index (χ0n) is 15.5. The summed E-state index contributed by atoms with van der Waals surface area (Å²) in [4.78, 5) is 16.6. The van der Waals surface area contributed by atoms with Gasteiger partial charge in [0.2, 0.25) is 0 Å². The van der Waals surface area contributed by atoms with Gasteiger partial charge in [-0.15, -0.1) is 0 Å². The molecule has 7 nitrogen and oxygen atoms in total. The summed E-state index contributed by atoms with van der Waals surface area (Å²) < 4.78 is 16.4. The number of hydrogen-bond donors (Lipinski definition) is 1. The highest BCUT2D eigenvalue weighted by atomic mass is 16.5. The normalized spacial score (nSPS) is 21.0. The highest BCUT2D eigenvalue weighted by molar-refractivity contribution is 5.89. The smallest absolute Gasteiger partial charge is 0.321 e. The molecule has 0 radical (unpaired) electrons. The van der Waals surface area contributed by atoms with E-state index in [0.717, 1.165) is 70.2 Å². The van der Waals surface area contributed by atoms with E-state index in [1.165, 1.54) is 0 Å². The second-order valence-electron chi connectivity index (χ2n) is 6.72. The molecule has 1 aromatic carbocycles. The molecule has 7 heteroatoms. The predicted octanol–water partition coefficient (Wildman–Crippen LogP) is 2.04. The number of carbonyl (C=O) groups excluding carboxylic acids is 1. The minimum atomic E-state index is -0.0515. The van der Waals surface area contributed by atoms with Crippen molar-refractivity contribution in [1.82, 2.24) is 9.80 Å². The number of urea groups is 1. The number of nitrogens with zero attached hydrogens (tertiary/aromatic N) is 2. The van der Waals surface area contributed by atoms with E-state index in [-0.39, 0.29) is 12.1 Å². The molecule has 2 amide bonds. The summed E-state index contributed by atoms with van der Waals surface area (Å²) in [7, 11) is 1.71. The van der Waals surface area contributed by atoms with Crippen LogP contribution in [0, 0.1) is 0 Å². The molecule has 2 fully saturated rings. The van der Waals surface area contributed by atoms with Gasteiger partial charge in [0.25, 0.3) is 0 Å². The first-order valence-electron chi connectivity index (χ1n) is 9.36. The standard InChI is InChI=1S/C19H29N3O4/c1-24-14-12-21-8-10-22(11-9-21)19(23)20-16-4-6-17(7-5-16)26-15-18-3-2-13-25-18/h4-7,18H,2-3,8-15H2,1H3,(H,20,23). The second kappa shape index (κ2) is 9.75. The van der Waals surface area contributed by atoms with E-state index in [4.69, 9.17) is 14.2 Å². The Morgan fingerprint density at radius 2 is 2.00 bits per heavy atom. The molecular weight excluding hydrogens is 334 g/mol. The summed E-state index contributed by atoms with van der Waals surface area (Å²) in [6.45, 7) is 6.29. The first-order valence-corrected chi connectivity index (χ1v) is 9.36. The van der Waals surface area contributed by atoms with Gasteiger partial charge in [-0.25, -0.2) is 4.79 Å². The van der Waals surface area contributed by atoms with Gasteiger partial charge in [-0.1, -0.05) is 0 Å². The number of carbonyl (C=O) groups is 1. The molecule has 26 heavy (non-hydrogen) atoms. The van der Waals surface area contributed by atoms with Crippen LogP contribution in [0.2, 0.25) is 0 Å². The van der Waals surface area contributed by atoms with Gasteiger partial charge in [-0.3, -0.25) is 4.90 Å². The molecule has 2 heterocycles. The van der Waals surface area contributed by atoms with Crippen molar-refractivity contribution < 1.29 is 19.0 Å². The summed E-state index contributed by atoms with van der Waals surface area (Å²) in [5, 5.41) is 2.96. The van der Waals surface area contributed by atoms with E-state index in [0.29, 0.717) is 6.61 Å². The number of ether oxygens (including phenoxy) is 3. The van der Waals surface area contributed by atoms with Crippen molar-refractivity contribution in [3.05, 3.63) is 24.3 Å². The predicted molar refractivity (Wildman–Crippen MR) is 99.8 cm³/mol. The number of hydrogen-bond acceptors (Lipinski definition) is 5. The quantitative estimate of drug-likeness (QED) is 0.803. The Hall–Kier alpha value is -1.83. The third-order valence-corrected chi connectivity index (χ3v) is 4.84. The topological polar surface area (TPSA) is 63.3 Å². The van der Waals surface area contributed by atoms with Crippen LogP contribution < -0.4 is 10.1 Å². The fourth-order valence-corrected chi connectivity index (χ4v) is 3.20. The Morgan fingerprint density at radius 3 is 2.65 bits per heavy atom. The van der Waals surface area contributed by atoms with Crippen molar-refractivity contribution in [1.29, 1.82) is 0 Å². The van der Waals surface area contributed by atoms with Crippen molar-refractivity contribution in [2.45, 2.75) is 18.9 Å². The molecule has 2 aliphatic rings. The van der Waals surface area contributed by atoms with E-state index < -0.39 is 0 Å². The van der Waals surface area contributed by atoms with Crippen LogP contribution in [0.5, 0.6) is 5.75 Å². The SMILES string of the molecule is COCCN1CCN(C(=O)Nc2ccc(OCC3CCCO3)cc2)CC1. The van der Waals surface area contributed by atoms with Crippen LogP contribution in [0.25, 0.3) is 0 Å². The lowest BCUT2D eigenvalue weighted by Gasteiger charge is -2.34. The maximum atomic E-state index is 12.4. The third kappa shape index (κ3) is 5.59. The van der Waals surface area contributed by atoms with Crippen molar-refractivity contribution in [3.63, 3.8) is 0 Å². The van der Waals surface area contributed by atoms with Gasteiger partial charge >= 0.3 is 6.03 Å². The van der Waals surface area contributed by atoms with Gasteiger partial charge in [-0.05, 0) is 37.1 Å². The lowest BCUT2D eigenvalue weighted by molar-refractivity contribution is 0.0679. The summed E-state index contributed by atoms with van der Waals surface area (Å²) in [6, 6.07) is 7.46. The van der Waals surface area contributed by atoms with E-state index >= 15 is 0 Å². The Morgan fingerprint density at radius 1 is 1.23 bits per heavy atom. The van der Waals surface area contributed by atoms with E-state index in [1.807, 2.05) is 29.2 Å². The van der Waals surface area contributed by atoms with E-state index in [2.05, 4.69) is 10.2 Å². The number of anilines is 1. The van der Waals surface area contributed by atoms with E-state index in [1.54, 1.807) is 7.11 Å². The fraction of sp³-hybridized carbons (Fsp3) is 0.632. The molecule has 1 unspecified atom stereocenters. The summed E-state index contributed by atoms with van der Waals surface area (Å²) in [5.74, 6) is 0.797. The number of amides is 2. The van der Waals surface area contributed by atoms with Crippen LogP contribution in [-0.2, 0) is 9.47 Å². The highest BCUT2D eigenvalue weighted by Gasteiger charge is 2.21. The lowest BCUT2D eigenvalue weighted by Crippen LogP contribution is -2.50. The number of methoxy groups -OCH3 is 1. The molecule has 1 N–H and O–H groups in total. The van der Waals surface area contributed by atoms with Crippen molar-refractivity contribution >= 4 is 11.7 Å². The molecule has 1 atom stereocenters. The average Bonchev–Trinajstić information content (AvgIpc) is 3.20. The first-order chi connectivity index (χ1) is 12.7. The minimum absolute atomic E-state index is 0.0515. The Labute approximate surface area is 155 Å². The molecule has 0 spiro atoms. The largest absolute Gasteiger partial charge is 0.491 e. The number of benzene rings is 1. The zero-order valence-corrected chi connectivity index (χ0v) is 15.5.